The zero-order chi connectivity index (χ0) is 14.8. The van der Waals surface area contributed by atoms with Crippen LogP contribution in [-0.4, -0.2) is 37.0 Å². The molecule has 2 heterocycles. The number of hydrogen-bond donors (Lipinski definition) is 0. The number of amides is 1. The number of carbonyl (C=O) groups is 1. The molecule has 0 radical (unpaired) electrons. The molecule has 3 rings (SSSR count). The van der Waals surface area contributed by atoms with E-state index in [0.717, 1.165) is 17.6 Å². The molecule has 0 atom stereocenters. The molecule has 1 fully saturated rings. The van der Waals surface area contributed by atoms with Crippen molar-refractivity contribution in [3.63, 3.8) is 0 Å². The summed E-state index contributed by atoms with van der Waals surface area (Å²) in [6, 6.07) is 9.84. The fourth-order valence-corrected chi connectivity index (χ4v) is 2.87. The molecule has 0 N–H and O–H groups in total. The Labute approximate surface area is 132 Å². The van der Waals surface area contributed by atoms with Crippen LogP contribution in [0.3, 0.4) is 0 Å². The molecule has 2 aromatic rings. The van der Waals surface area contributed by atoms with Crippen LogP contribution in [0.25, 0.3) is 0 Å². The molecule has 1 amide bonds. The van der Waals surface area contributed by atoms with E-state index in [1.807, 2.05) is 4.90 Å². The van der Waals surface area contributed by atoms with Crippen molar-refractivity contribution in [2.24, 2.45) is 0 Å². The van der Waals surface area contributed by atoms with Gasteiger partial charge in [0.05, 0.1) is 6.26 Å². The number of nitrogens with zero attached hydrogens (tertiary/aromatic N) is 2. The van der Waals surface area contributed by atoms with Gasteiger partial charge in [-0.15, -0.1) is 0 Å². The van der Waals surface area contributed by atoms with Crippen LogP contribution in [0.4, 0.5) is 5.69 Å². The second kappa shape index (κ2) is 5.93. The van der Waals surface area contributed by atoms with E-state index in [9.17, 15) is 4.79 Å². The van der Waals surface area contributed by atoms with Crippen molar-refractivity contribution >= 4 is 27.5 Å². The van der Waals surface area contributed by atoms with E-state index in [-0.39, 0.29) is 5.91 Å². The van der Waals surface area contributed by atoms with Gasteiger partial charge in [-0.2, -0.15) is 0 Å². The largest absolute Gasteiger partial charge is 0.459 e. The molecule has 1 aliphatic rings. The quantitative estimate of drug-likeness (QED) is 0.835. The third-order valence-corrected chi connectivity index (χ3v) is 4.67. The second-order valence-corrected chi connectivity index (χ2v) is 6.04. The van der Waals surface area contributed by atoms with Gasteiger partial charge in [-0.05, 0) is 36.8 Å². The van der Waals surface area contributed by atoms with E-state index in [1.54, 1.807) is 12.1 Å². The van der Waals surface area contributed by atoms with Crippen molar-refractivity contribution in [3.8, 4) is 0 Å². The number of aryl methyl sites for hydroxylation is 1. The molecular weight excluding hydrogens is 332 g/mol. The molecule has 1 aliphatic heterocycles. The van der Waals surface area contributed by atoms with E-state index in [0.29, 0.717) is 18.8 Å². The molecule has 0 unspecified atom stereocenters. The lowest BCUT2D eigenvalue weighted by atomic mass is 10.2. The van der Waals surface area contributed by atoms with Crippen molar-refractivity contribution in [3.05, 3.63) is 52.4 Å². The Morgan fingerprint density at radius 3 is 2.57 bits per heavy atom. The predicted molar refractivity (Wildman–Crippen MR) is 85.7 cm³/mol. The summed E-state index contributed by atoms with van der Waals surface area (Å²) >= 11 is 3.57. The van der Waals surface area contributed by atoms with Gasteiger partial charge in [-0.3, -0.25) is 4.79 Å². The number of carbonyl (C=O) groups excluding carboxylic acids is 1. The number of halogens is 1. The molecule has 0 spiro atoms. The van der Waals surface area contributed by atoms with Gasteiger partial charge in [0.2, 0.25) is 0 Å². The lowest BCUT2D eigenvalue weighted by molar-refractivity contribution is 0.0714. The highest BCUT2D eigenvalue weighted by Gasteiger charge is 2.23. The smallest absolute Gasteiger partial charge is 0.289 e. The normalized spacial score (nSPS) is 15.3. The third-order valence-electron chi connectivity index (χ3n) is 3.82. The molecule has 0 saturated carbocycles. The van der Waals surface area contributed by atoms with Crippen LogP contribution in [0.2, 0.25) is 0 Å². The van der Waals surface area contributed by atoms with Crippen LogP contribution < -0.4 is 4.90 Å². The van der Waals surface area contributed by atoms with Crippen molar-refractivity contribution in [2.45, 2.75) is 6.92 Å². The minimum Gasteiger partial charge on any atom is -0.459 e. The summed E-state index contributed by atoms with van der Waals surface area (Å²) in [4.78, 5) is 16.4. The van der Waals surface area contributed by atoms with Crippen molar-refractivity contribution in [1.29, 1.82) is 0 Å². The molecular formula is C16H17BrN2O2. The summed E-state index contributed by atoms with van der Waals surface area (Å²) in [5, 5.41) is 0. The summed E-state index contributed by atoms with van der Waals surface area (Å²) in [6.07, 6.45) is 1.54. The van der Waals surface area contributed by atoms with E-state index in [4.69, 9.17) is 4.42 Å². The molecule has 1 saturated heterocycles. The van der Waals surface area contributed by atoms with Gasteiger partial charge >= 0.3 is 0 Å². The highest BCUT2D eigenvalue weighted by atomic mass is 79.9. The summed E-state index contributed by atoms with van der Waals surface area (Å²) in [6.45, 7) is 5.17. The van der Waals surface area contributed by atoms with Gasteiger partial charge in [0.1, 0.15) is 0 Å². The van der Waals surface area contributed by atoms with E-state index >= 15 is 0 Å². The fourth-order valence-electron chi connectivity index (χ4n) is 2.50. The summed E-state index contributed by atoms with van der Waals surface area (Å²) in [5.41, 5.74) is 2.42. The molecule has 21 heavy (non-hydrogen) atoms. The Kier molecular flexibility index (Phi) is 4.01. The first-order valence-corrected chi connectivity index (χ1v) is 7.78. The SMILES string of the molecule is Cc1ccc(N2CCN(C(=O)c3ccco3)CC2)cc1Br. The van der Waals surface area contributed by atoms with Gasteiger partial charge in [0.15, 0.2) is 5.76 Å². The van der Waals surface area contributed by atoms with Crippen molar-refractivity contribution < 1.29 is 9.21 Å². The van der Waals surface area contributed by atoms with Crippen molar-refractivity contribution in [2.75, 3.05) is 31.1 Å². The van der Waals surface area contributed by atoms with Gasteiger partial charge in [0, 0.05) is 36.3 Å². The maximum absolute atomic E-state index is 12.2. The highest BCUT2D eigenvalue weighted by Crippen LogP contribution is 2.24. The van der Waals surface area contributed by atoms with E-state index < -0.39 is 0 Å². The Bertz CT molecular complexity index is 632. The average Bonchev–Trinajstić information content (AvgIpc) is 3.04. The molecule has 1 aromatic heterocycles. The number of piperazine rings is 1. The van der Waals surface area contributed by atoms with Crippen LogP contribution in [0.5, 0.6) is 0 Å². The molecule has 4 nitrogen and oxygen atoms in total. The van der Waals surface area contributed by atoms with Gasteiger partial charge in [-0.1, -0.05) is 22.0 Å². The number of benzene rings is 1. The Hall–Kier alpha value is -1.75. The lowest BCUT2D eigenvalue weighted by Gasteiger charge is -2.35. The Balaban J connectivity index is 1.65. The Morgan fingerprint density at radius 1 is 1.19 bits per heavy atom. The average molecular weight is 349 g/mol. The first-order valence-electron chi connectivity index (χ1n) is 6.99. The minimum atomic E-state index is -0.0234. The molecule has 0 aliphatic carbocycles. The summed E-state index contributed by atoms with van der Waals surface area (Å²) in [7, 11) is 0. The van der Waals surface area contributed by atoms with E-state index in [1.165, 1.54) is 17.5 Å². The topological polar surface area (TPSA) is 36.7 Å². The van der Waals surface area contributed by atoms with Crippen LogP contribution in [-0.2, 0) is 0 Å². The van der Waals surface area contributed by atoms with Crippen LogP contribution >= 0.6 is 15.9 Å². The fraction of sp³-hybridized carbons (Fsp3) is 0.312. The van der Waals surface area contributed by atoms with Crippen LogP contribution in [0.15, 0.2) is 45.5 Å². The number of anilines is 1. The minimum absolute atomic E-state index is 0.0234. The zero-order valence-corrected chi connectivity index (χ0v) is 13.5. The highest BCUT2D eigenvalue weighted by molar-refractivity contribution is 9.10. The lowest BCUT2D eigenvalue weighted by Crippen LogP contribution is -2.48. The van der Waals surface area contributed by atoms with Crippen LogP contribution in [0, 0.1) is 6.92 Å². The number of furan rings is 1. The molecule has 1 aromatic carbocycles. The number of rotatable bonds is 2. The first kappa shape index (κ1) is 14.2. The van der Waals surface area contributed by atoms with Crippen LogP contribution in [0.1, 0.15) is 16.1 Å². The number of hydrogen-bond acceptors (Lipinski definition) is 3. The van der Waals surface area contributed by atoms with Crippen molar-refractivity contribution in [1.82, 2.24) is 4.90 Å². The molecule has 110 valence electrons. The maximum atomic E-state index is 12.2. The molecule has 0 bridgehead atoms. The zero-order valence-electron chi connectivity index (χ0n) is 11.9. The standard InChI is InChI=1S/C16H17BrN2O2/c1-12-4-5-13(11-14(12)17)18-6-8-19(9-7-18)16(20)15-3-2-10-21-15/h2-5,10-11H,6-9H2,1H3. The van der Waals surface area contributed by atoms with Gasteiger partial charge in [-0.25, -0.2) is 0 Å². The monoisotopic (exact) mass is 348 g/mol. The van der Waals surface area contributed by atoms with Gasteiger partial charge in [0.25, 0.3) is 5.91 Å². The molecule has 5 heteroatoms. The first-order chi connectivity index (χ1) is 10.1. The Morgan fingerprint density at radius 2 is 1.95 bits per heavy atom. The predicted octanol–water partition coefficient (Wildman–Crippen LogP) is 3.31. The second-order valence-electron chi connectivity index (χ2n) is 5.19. The maximum Gasteiger partial charge on any atom is 0.289 e. The summed E-state index contributed by atoms with van der Waals surface area (Å²) < 4.78 is 6.30. The third kappa shape index (κ3) is 2.97. The summed E-state index contributed by atoms with van der Waals surface area (Å²) in [5.74, 6) is 0.395. The van der Waals surface area contributed by atoms with E-state index in [2.05, 4.69) is 46.0 Å². The van der Waals surface area contributed by atoms with Gasteiger partial charge < -0.3 is 14.2 Å².